The van der Waals surface area contributed by atoms with Crippen LogP contribution >= 0.6 is 11.3 Å². The van der Waals surface area contributed by atoms with Gasteiger partial charge in [0.1, 0.15) is 0 Å². The summed E-state index contributed by atoms with van der Waals surface area (Å²) in [6.45, 7) is 8.27. The molecule has 0 aliphatic carbocycles. The summed E-state index contributed by atoms with van der Waals surface area (Å²) in [6.07, 6.45) is 0. The van der Waals surface area contributed by atoms with Crippen LogP contribution in [0.1, 0.15) is 38.6 Å². The Hall–Kier alpha value is -1.56. The molecule has 0 aliphatic rings. The van der Waals surface area contributed by atoms with Gasteiger partial charge in [0.15, 0.2) is 0 Å². The smallest absolute Gasteiger partial charge is 0.317 e. The quantitative estimate of drug-likeness (QED) is 0.812. The van der Waals surface area contributed by atoms with Crippen LogP contribution in [0, 0.1) is 11.8 Å². The van der Waals surface area contributed by atoms with Gasteiger partial charge in [-0.2, -0.15) is 0 Å². The van der Waals surface area contributed by atoms with Crippen LogP contribution in [0.15, 0.2) is 17.5 Å². The van der Waals surface area contributed by atoms with Gasteiger partial charge in [-0.1, -0.05) is 26.8 Å². The van der Waals surface area contributed by atoms with Gasteiger partial charge in [-0.15, -0.1) is 11.3 Å². The molecule has 5 nitrogen and oxygen atoms in total. The maximum absolute atomic E-state index is 12.4. The summed E-state index contributed by atoms with van der Waals surface area (Å²) < 4.78 is 0. The summed E-state index contributed by atoms with van der Waals surface area (Å²) >= 11 is 1.61. The van der Waals surface area contributed by atoms with E-state index in [9.17, 15) is 9.59 Å². The third-order valence-electron chi connectivity index (χ3n) is 3.38. The van der Waals surface area contributed by atoms with E-state index in [1.165, 1.54) is 0 Å². The number of carboxylic acid groups (broad SMARTS) is 1. The maximum Gasteiger partial charge on any atom is 0.317 e. The summed E-state index contributed by atoms with van der Waals surface area (Å²) in [5.41, 5.74) is 0. The van der Waals surface area contributed by atoms with Crippen molar-refractivity contribution in [3.63, 3.8) is 0 Å². The first-order chi connectivity index (χ1) is 9.86. The number of carbonyl (C=O) groups excluding carboxylic acids is 1. The fourth-order valence-corrected chi connectivity index (χ4v) is 2.97. The number of nitrogens with one attached hydrogen (secondary N) is 1. The number of carboxylic acids is 1. The van der Waals surface area contributed by atoms with Crippen molar-refractivity contribution in [1.82, 2.24) is 10.2 Å². The number of thiophene rings is 1. The molecule has 2 unspecified atom stereocenters. The fourth-order valence-electron chi connectivity index (χ4n) is 2.02. The Kier molecular flexibility index (Phi) is 6.68. The van der Waals surface area contributed by atoms with Crippen LogP contribution in [0.3, 0.4) is 0 Å². The molecule has 2 amide bonds. The highest BCUT2D eigenvalue weighted by Crippen LogP contribution is 2.26. The summed E-state index contributed by atoms with van der Waals surface area (Å²) in [5, 5.41) is 14.0. The van der Waals surface area contributed by atoms with Gasteiger partial charge in [-0.05, 0) is 24.3 Å². The number of urea groups is 1. The van der Waals surface area contributed by atoms with Crippen LogP contribution in [-0.2, 0) is 4.79 Å². The van der Waals surface area contributed by atoms with Crippen molar-refractivity contribution >= 4 is 23.3 Å². The van der Waals surface area contributed by atoms with Crippen molar-refractivity contribution in [3.05, 3.63) is 22.4 Å². The lowest BCUT2D eigenvalue weighted by Gasteiger charge is -2.28. The minimum atomic E-state index is -0.889. The highest BCUT2D eigenvalue weighted by Gasteiger charge is 2.24. The Morgan fingerprint density at radius 3 is 2.48 bits per heavy atom. The van der Waals surface area contributed by atoms with Crippen molar-refractivity contribution in [2.75, 3.05) is 13.1 Å². The highest BCUT2D eigenvalue weighted by atomic mass is 32.1. The molecule has 1 aromatic rings. The molecule has 21 heavy (non-hydrogen) atoms. The first kappa shape index (κ1) is 17.5. The summed E-state index contributed by atoms with van der Waals surface area (Å²) in [6, 6.07) is 3.71. The summed E-state index contributed by atoms with van der Waals surface area (Å²) in [4.78, 5) is 26.0. The molecule has 0 spiro atoms. The van der Waals surface area contributed by atoms with Crippen LogP contribution in [0.5, 0.6) is 0 Å². The Labute approximate surface area is 130 Å². The van der Waals surface area contributed by atoms with Crippen molar-refractivity contribution in [1.29, 1.82) is 0 Å². The predicted molar refractivity (Wildman–Crippen MR) is 84.5 cm³/mol. The Bertz CT molecular complexity index is 459. The Balaban J connectivity index is 2.73. The van der Waals surface area contributed by atoms with E-state index >= 15 is 0 Å². The number of nitrogens with zero attached hydrogens (tertiary/aromatic N) is 1. The van der Waals surface area contributed by atoms with Gasteiger partial charge in [-0.3, -0.25) is 4.79 Å². The van der Waals surface area contributed by atoms with E-state index in [0.29, 0.717) is 6.54 Å². The maximum atomic E-state index is 12.4. The molecule has 1 rings (SSSR count). The van der Waals surface area contributed by atoms with Gasteiger partial charge in [0.25, 0.3) is 0 Å². The van der Waals surface area contributed by atoms with Crippen LogP contribution in [-0.4, -0.2) is 35.1 Å². The molecule has 0 fully saturated rings. The molecule has 0 aliphatic heterocycles. The van der Waals surface area contributed by atoms with Gasteiger partial charge >= 0.3 is 12.0 Å². The molecule has 0 saturated heterocycles. The number of aliphatic carboxylic acids is 1. The first-order valence-electron chi connectivity index (χ1n) is 7.18. The van der Waals surface area contributed by atoms with Crippen LogP contribution in [0.4, 0.5) is 4.79 Å². The second-order valence-corrected chi connectivity index (χ2v) is 6.44. The molecular formula is C15H24N2O3S. The van der Waals surface area contributed by atoms with Gasteiger partial charge in [0.05, 0.1) is 12.0 Å². The van der Waals surface area contributed by atoms with Gasteiger partial charge < -0.3 is 15.3 Å². The molecule has 0 aromatic carbocycles. The lowest BCUT2D eigenvalue weighted by molar-refractivity contribution is -0.141. The lowest BCUT2D eigenvalue weighted by Crippen LogP contribution is -2.45. The van der Waals surface area contributed by atoms with E-state index in [1.807, 2.05) is 24.4 Å². The third-order valence-corrected chi connectivity index (χ3v) is 4.34. The minimum Gasteiger partial charge on any atom is -0.481 e. The predicted octanol–water partition coefficient (Wildman–Crippen LogP) is 3.20. The van der Waals surface area contributed by atoms with Crippen molar-refractivity contribution in [3.8, 4) is 0 Å². The standard InChI is InChI=1S/C15H24N2O3S/c1-5-17(9-11(4)14(18)19)15(20)16-13(10(2)3)12-7-6-8-21-12/h6-8,10-11,13H,5,9H2,1-4H3,(H,16,20)(H,18,19). The van der Waals surface area contributed by atoms with E-state index in [1.54, 1.807) is 23.2 Å². The molecule has 0 bridgehead atoms. The van der Waals surface area contributed by atoms with Crippen molar-refractivity contribution in [2.24, 2.45) is 11.8 Å². The Morgan fingerprint density at radius 2 is 2.05 bits per heavy atom. The average molecular weight is 312 g/mol. The third kappa shape index (κ3) is 5.04. The molecule has 2 atom stereocenters. The molecule has 0 radical (unpaired) electrons. The summed E-state index contributed by atoms with van der Waals surface area (Å²) in [7, 11) is 0. The van der Waals surface area contributed by atoms with Crippen LogP contribution < -0.4 is 5.32 Å². The molecule has 118 valence electrons. The molecular weight excluding hydrogens is 288 g/mol. The lowest BCUT2D eigenvalue weighted by atomic mass is 10.0. The van der Waals surface area contributed by atoms with E-state index < -0.39 is 11.9 Å². The summed E-state index contributed by atoms with van der Waals surface area (Å²) in [5.74, 6) is -1.20. The number of rotatable bonds is 7. The molecule has 1 aromatic heterocycles. The number of hydrogen-bond donors (Lipinski definition) is 2. The molecule has 6 heteroatoms. The van der Waals surface area contributed by atoms with Gasteiger partial charge in [0.2, 0.25) is 0 Å². The van der Waals surface area contributed by atoms with E-state index in [-0.39, 0.29) is 24.5 Å². The van der Waals surface area contributed by atoms with E-state index in [4.69, 9.17) is 5.11 Å². The second-order valence-electron chi connectivity index (χ2n) is 5.46. The number of hydrogen-bond acceptors (Lipinski definition) is 3. The SMILES string of the molecule is CCN(CC(C)C(=O)O)C(=O)NC(c1cccs1)C(C)C. The zero-order chi connectivity index (χ0) is 16.0. The van der Waals surface area contributed by atoms with Crippen molar-refractivity contribution < 1.29 is 14.7 Å². The highest BCUT2D eigenvalue weighted by molar-refractivity contribution is 7.10. The van der Waals surface area contributed by atoms with Crippen LogP contribution in [0.25, 0.3) is 0 Å². The average Bonchev–Trinajstić information content (AvgIpc) is 2.94. The molecule has 1 heterocycles. The van der Waals surface area contributed by atoms with Crippen molar-refractivity contribution in [2.45, 2.75) is 33.7 Å². The van der Waals surface area contributed by atoms with Crippen LogP contribution in [0.2, 0.25) is 0 Å². The Morgan fingerprint density at radius 1 is 1.38 bits per heavy atom. The largest absolute Gasteiger partial charge is 0.481 e. The number of amides is 2. The zero-order valence-corrected chi connectivity index (χ0v) is 13.8. The zero-order valence-electron chi connectivity index (χ0n) is 13.0. The topological polar surface area (TPSA) is 69.6 Å². The number of carbonyl (C=O) groups is 2. The van der Waals surface area contributed by atoms with Gasteiger partial charge in [-0.25, -0.2) is 4.79 Å². The fraction of sp³-hybridized carbons (Fsp3) is 0.600. The normalized spacial score (nSPS) is 13.8. The van der Waals surface area contributed by atoms with E-state index in [2.05, 4.69) is 19.2 Å². The van der Waals surface area contributed by atoms with Gasteiger partial charge in [0, 0.05) is 18.0 Å². The molecule has 0 saturated carbocycles. The minimum absolute atomic E-state index is 0.0494. The monoisotopic (exact) mass is 312 g/mol. The van der Waals surface area contributed by atoms with E-state index in [0.717, 1.165) is 4.88 Å². The first-order valence-corrected chi connectivity index (χ1v) is 8.06. The molecule has 2 N–H and O–H groups in total. The second kappa shape index (κ2) is 8.02.